The largest absolute Gasteiger partial charge is 0.380 e. The summed E-state index contributed by atoms with van der Waals surface area (Å²) in [5, 5.41) is 3.38. The average molecular weight is 283 g/mol. The van der Waals surface area contributed by atoms with Crippen molar-refractivity contribution >= 4 is 5.82 Å². The number of hydrogen-bond acceptors (Lipinski definition) is 4. The number of pyridine rings is 1. The van der Waals surface area contributed by atoms with E-state index in [1.54, 1.807) is 0 Å². The lowest BCUT2D eigenvalue weighted by atomic mass is 10.1. The van der Waals surface area contributed by atoms with Gasteiger partial charge in [0.05, 0.1) is 6.61 Å². The first-order valence-corrected chi connectivity index (χ1v) is 6.90. The van der Waals surface area contributed by atoms with Crippen LogP contribution >= 0.6 is 0 Å². The number of alkyl halides is 2. The molecule has 0 spiro atoms. The van der Waals surface area contributed by atoms with Gasteiger partial charge in [-0.1, -0.05) is 0 Å². The van der Waals surface area contributed by atoms with E-state index in [2.05, 4.69) is 22.1 Å². The van der Waals surface area contributed by atoms with Gasteiger partial charge in [0.2, 0.25) is 0 Å². The number of hydrogen-bond donors (Lipinski definition) is 1. The minimum absolute atomic E-state index is 0.142. The Morgan fingerprint density at radius 3 is 3.00 bits per heavy atom. The average Bonchev–Trinajstić information content (AvgIpc) is 2.76. The van der Waals surface area contributed by atoms with Gasteiger partial charge < -0.3 is 15.0 Å². The molecule has 1 aromatic rings. The molecule has 3 heterocycles. The number of aromatic nitrogens is 1. The lowest BCUT2D eigenvalue weighted by molar-refractivity contribution is 0.136. The maximum atomic E-state index is 13.2. The molecule has 1 aromatic heterocycles. The van der Waals surface area contributed by atoms with Crippen LogP contribution in [-0.2, 0) is 17.8 Å². The topological polar surface area (TPSA) is 37.4 Å². The van der Waals surface area contributed by atoms with Crippen molar-refractivity contribution in [2.24, 2.45) is 0 Å². The molecule has 4 nitrogen and oxygen atoms in total. The Balaban J connectivity index is 2.03. The molecular weight excluding hydrogens is 264 g/mol. The van der Waals surface area contributed by atoms with Crippen molar-refractivity contribution < 1.29 is 13.5 Å². The molecule has 0 unspecified atom stereocenters. The van der Waals surface area contributed by atoms with Crippen LogP contribution < -0.4 is 10.2 Å². The molecule has 1 saturated heterocycles. The summed E-state index contributed by atoms with van der Waals surface area (Å²) in [6, 6.07) is 2.45. The monoisotopic (exact) mass is 283 g/mol. The van der Waals surface area contributed by atoms with Gasteiger partial charge in [0.15, 0.2) is 0 Å². The first-order valence-electron chi connectivity index (χ1n) is 6.90. The van der Waals surface area contributed by atoms with Gasteiger partial charge in [-0.3, -0.25) is 0 Å². The fourth-order valence-corrected chi connectivity index (χ4v) is 3.26. The number of halogens is 2. The molecule has 0 amide bonds. The van der Waals surface area contributed by atoms with Crippen LogP contribution in [0.5, 0.6) is 0 Å². The highest BCUT2D eigenvalue weighted by Gasteiger charge is 2.37. The number of ether oxygens (including phenoxy) is 1. The Labute approximate surface area is 117 Å². The smallest absolute Gasteiger partial charge is 0.280 e. The molecule has 110 valence electrons. The molecule has 20 heavy (non-hydrogen) atoms. The minimum Gasteiger partial charge on any atom is -0.380 e. The predicted octanol–water partition coefficient (Wildman–Crippen LogP) is 1.89. The summed E-state index contributed by atoms with van der Waals surface area (Å²) in [5.74, 6) is 0.735. The summed E-state index contributed by atoms with van der Waals surface area (Å²) in [7, 11) is 1.51. The molecule has 0 aliphatic carbocycles. The second kappa shape index (κ2) is 5.26. The number of anilines is 1. The van der Waals surface area contributed by atoms with Crippen molar-refractivity contribution in [2.75, 3.05) is 25.1 Å². The van der Waals surface area contributed by atoms with Crippen LogP contribution in [-0.4, -0.2) is 37.3 Å². The van der Waals surface area contributed by atoms with Crippen molar-refractivity contribution in [1.29, 1.82) is 0 Å². The summed E-state index contributed by atoms with van der Waals surface area (Å²) in [6.07, 6.45) is -1.71. The summed E-state index contributed by atoms with van der Waals surface area (Å²) in [4.78, 5) is 6.46. The number of methoxy groups -OCH3 is 1. The fourth-order valence-electron chi connectivity index (χ4n) is 3.26. The van der Waals surface area contributed by atoms with E-state index >= 15 is 0 Å². The molecule has 1 fully saturated rings. The quantitative estimate of drug-likeness (QED) is 0.919. The van der Waals surface area contributed by atoms with Crippen LogP contribution in [0, 0.1) is 0 Å². The van der Waals surface area contributed by atoms with Crippen LogP contribution in [0.25, 0.3) is 0 Å². The van der Waals surface area contributed by atoms with E-state index in [-0.39, 0.29) is 18.3 Å². The second-order valence-electron chi connectivity index (χ2n) is 5.52. The van der Waals surface area contributed by atoms with E-state index in [0.29, 0.717) is 11.6 Å². The Bertz CT molecular complexity index is 509. The maximum Gasteiger partial charge on any atom is 0.280 e. The van der Waals surface area contributed by atoms with Crippen LogP contribution in [0.2, 0.25) is 0 Å². The van der Waals surface area contributed by atoms with Crippen LogP contribution in [0.15, 0.2) is 6.07 Å². The summed E-state index contributed by atoms with van der Waals surface area (Å²) in [5.41, 5.74) is 1.42. The van der Waals surface area contributed by atoms with Crippen LogP contribution in [0.1, 0.15) is 30.2 Å². The van der Waals surface area contributed by atoms with E-state index in [1.807, 2.05) is 6.07 Å². The van der Waals surface area contributed by atoms with E-state index in [1.165, 1.54) is 7.11 Å². The lowest BCUT2D eigenvalue weighted by Gasteiger charge is -2.37. The van der Waals surface area contributed by atoms with Crippen LogP contribution in [0.4, 0.5) is 14.6 Å². The highest BCUT2D eigenvalue weighted by atomic mass is 19.3. The Morgan fingerprint density at radius 1 is 1.50 bits per heavy atom. The van der Waals surface area contributed by atoms with Crippen molar-refractivity contribution in [3.63, 3.8) is 0 Å². The van der Waals surface area contributed by atoms with Gasteiger partial charge >= 0.3 is 0 Å². The molecule has 6 heteroatoms. The normalized spacial score (nSPS) is 24.9. The summed E-state index contributed by atoms with van der Waals surface area (Å²) < 4.78 is 31.4. The van der Waals surface area contributed by atoms with Gasteiger partial charge in [-0.25, -0.2) is 13.8 Å². The third-order valence-corrected chi connectivity index (χ3v) is 4.09. The van der Waals surface area contributed by atoms with Crippen molar-refractivity contribution in [3.05, 3.63) is 22.9 Å². The highest BCUT2D eigenvalue weighted by Crippen LogP contribution is 2.36. The van der Waals surface area contributed by atoms with Crippen molar-refractivity contribution in [2.45, 2.75) is 38.5 Å². The van der Waals surface area contributed by atoms with Gasteiger partial charge in [0.25, 0.3) is 6.43 Å². The van der Waals surface area contributed by atoms with Gasteiger partial charge in [0, 0.05) is 37.8 Å². The Kier molecular flexibility index (Phi) is 3.60. The standard InChI is InChI=1S/C14H19F2N3O/c1-8-5-17-6-11-4-9-3-10(7-20-2)12(13(15)16)18-14(9)19(8)11/h3,8,11,13,17H,4-7H2,1-2H3/t8-,11-/m1/s1. The number of nitrogens with zero attached hydrogens (tertiary/aromatic N) is 2. The van der Waals surface area contributed by atoms with Crippen molar-refractivity contribution in [1.82, 2.24) is 10.3 Å². The number of nitrogens with one attached hydrogen (secondary N) is 1. The number of rotatable bonds is 3. The van der Waals surface area contributed by atoms with E-state index in [9.17, 15) is 8.78 Å². The zero-order chi connectivity index (χ0) is 14.3. The SMILES string of the molecule is COCc1cc2c(nc1C(F)F)N1[C@@H](CNC[C@H]1C)C2. The summed E-state index contributed by atoms with van der Waals surface area (Å²) in [6.45, 7) is 4.02. The van der Waals surface area contributed by atoms with Gasteiger partial charge in [-0.15, -0.1) is 0 Å². The van der Waals surface area contributed by atoms with Gasteiger partial charge in [-0.2, -0.15) is 0 Å². The Morgan fingerprint density at radius 2 is 2.30 bits per heavy atom. The van der Waals surface area contributed by atoms with Crippen molar-refractivity contribution in [3.8, 4) is 0 Å². The maximum absolute atomic E-state index is 13.2. The molecule has 2 atom stereocenters. The van der Waals surface area contributed by atoms with E-state index in [4.69, 9.17) is 4.74 Å². The molecule has 0 saturated carbocycles. The molecular formula is C14H19F2N3O. The van der Waals surface area contributed by atoms with Gasteiger partial charge in [0.1, 0.15) is 11.5 Å². The first-order chi connectivity index (χ1) is 9.61. The zero-order valence-corrected chi connectivity index (χ0v) is 11.7. The molecule has 2 aliphatic rings. The molecule has 0 radical (unpaired) electrons. The summed E-state index contributed by atoms with van der Waals surface area (Å²) >= 11 is 0. The number of piperazine rings is 1. The van der Waals surface area contributed by atoms with Gasteiger partial charge in [-0.05, 0) is 25.0 Å². The molecule has 0 aromatic carbocycles. The first kappa shape index (κ1) is 13.7. The molecule has 0 bridgehead atoms. The third kappa shape index (κ3) is 2.16. The Hall–Kier alpha value is -1.27. The number of fused-ring (bicyclic) bond motifs is 3. The van der Waals surface area contributed by atoms with E-state index in [0.717, 1.165) is 30.9 Å². The van der Waals surface area contributed by atoms with E-state index < -0.39 is 6.43 Å². The predicted molar refractivity (Wildman–Crippen MR) is 72.2 cm³/mol. The lowest BCUT2D eigenvalue weighted by Crippen LogP contribution is -2.55. The second-order valence-corrected chi connectivity index (χ2v) is 5.52. The van der Waals surface area contributed by atoms with Crippen LogP contribution in [0.3, 0.4) is 0 Å². The minimum atomic E-state index is -2.57. The molecule has 2 aliphatic heterocycles. The zero-order valence-electron chi connectivity index (χ0n) is 11.7. The fraction of sp³-hybridized carbons (Fsp3) is 0.643. The molecule has 3 rings (SSSR count). The highest BCUT2D eigenvalue weighted by molar-refractivity contribution is 5.57. The third-order valence-electron chi connectivity index (χ3n) is 4.09. The molecule has 1 N–H and O–H groups in total.